The molecular weight excluding hydrogens is 350 g/mol. The van der Waals surface area contributed by atoms with Crippen LogP contribution in [0.2, 0.25) is 0 Å². The molecule has 2 unspecified atom stereocenters. The summed E-state index contributed by atoms with van der Waals surface area (Å²) >= 11 is 0. The third-order valence-corrected chi connectivity index (χ3v) is 7.44. The standard InChI is InChI=1S/C15H21N3O4S2/c1-16-24(21,22)14-4-2-3-11-9-18(7-5-13(11)14)15(19)17-12-6-8-23(20)10-12/h2-4,12,16H,5-10H2,1H3,(H,17,19). The first-order chi connectivity index (χ1) is 11.4. The summed E-state index contributed by atoms with van der Waals surface area (Å²) < 4.78 is 38.0. The Morgan fingerprint density at radius 3 is 2.83 bits per heavy atom. The van der Waals surface area contributed by atoms with Crippen LogP contribution < -0.4 is 10.0 Å². The van der Waals surface area contributed by atoms with Gasteiger partial charge < -0.3 is 10.2 Å². The van der Waals surface area contributed by atoms with Crippen molar-refractivity contribution in [2.45, 2.75) is 30.3 Å². The topological polar surface area (TPSA) is 95.6 Å². The van der Waals surface area contributed by atoms with Gasteiger partial charge in [-0.1, -0.05) is 12.1 Å². The molecule has 9 heteroatoms. The van der Waals surface area contributed by atoms with Gasteiger partial charge in [0.25, 0.3) is 0 Å². The summed E-state index contributed by atoms with van der Waals surface area (Å²) in [6, 6.07) is 4.94. The molecule has 2 heterocycles. The van der Waals surface area contributed by atoms with Crippen molar-refractivity contribution in [2.75, 3.05) is 25.1 Å². The van der Waals surface area contributed by atoms with Crippen molar-refractivity contribution in [2.24, 2.45) is 0 Å². The molecule has 2 aliphatic heterocycles. The Labute approximate surface area is 144 Å². The van der Waals surface area contributed by atoms with Gasteiger partial charge in [-0.15, -0.1) is 0 Å². The lowest BCUT2D eigenvalue weighted by molar-refractivity contribution is 0.189. The van der Waals surface area contributed by atoms with Crippen LogP contribution in [0.3, 0.4) is 0 Å². The molecule has 132 valence electrons. The van der Waals surface area contributed by atoms with Crippen LogP contribution in [0, 0.1) is 0 Å². The average Bonchev–Trinajstić information content (AvgIpc) is 2.98. The zero-order chi connectivity index (χ0) is 17.3. The van der Waals surface area contributed by atoms with Crippen molar-refractivity contribution in [1.82, 2.24) is 14.9 Å². The normalized spacial score (nSPS) is 23.8. The highest BCUT2D eigenvalue weighted by molar-refractivity contribution is 7.89. The number of nitrogens with one attached hydrogen (secondary N) is 2. The van der Waals surface area contributed by atoms with Crippen LogP contribution in [-0.4, -0.2) is 54.7 Å². The van der Waals surface area contributed by atoms with Gasteiger partial charge in [-0.2, -0.15) is 0 Å². The Kier molecular flexibility index (Phi) is 4.93. The Hall–Kier alpha value is -1.45. The number of sulfonamides is 1. The molecule has 1 aromatic rings. The van der Waals surface area contributed by atoms with Gasteiger partial charge in [0.05, 0.1) is 4.90 Å². The zero-order valence-electron chi connectivity index (χ0n) is 13.4. The maximum absolute atomic E-state index is 12.4. The molecule has 24 heavy (non-hydrogen) atoms. The van der Waals surface area contributed by atoms with Gasteiger partial charge in [-0.3, -0.25) is 4.21 Å². The van der Waals surface area contributed by atoms with Gasteiger partial charge in [0.1, 0.15) is 0 Å². The number of hydrogen-bond donors (Lipinski definition) is 2. The summed E-state index contributed by atoms with van der Waals surface area (Å²) in [5.74, 6) is 1.15. The predicted molar refractivity (Wildman–Crippen MR) is 91.6 cm³/mol. The van der Waals surface area contributed by atoms with Gasteiger partial charge in [0.15, 0.2) is 0 Å². The summed E-state index contributed by atoms with van der Waals surface area (Å²) in [4.78, 5) is 14.4. The molecule has 0 spiro atoms. The number of nitrogens with zero attached hydrogens (tertiary/aromatic N) is 1. The van der Waals surface area contributed by atoms with E-state index in [1.165, 1.54) is 7.05 Å². The first-order valence-electron chi connectivity index (χ1n) is 7.85. The minimum absolute atomic E-state index is 0.0317. The summed E-state index contributed by atoms with van der Waals surface area (Å²) in [6.45, 7) is 0.842. The van der Waals surface area contributed by atoms with Crippen molar-refractivity contribution in [3.8, 4) is 0 Å². The highest BCUT2D eigenvalue weighted by Gasteiger charge is 2.28. The molecule has 0 aromatic heterocycles. The second-order valence-corrected chi connectivity index (χ2v) is 9.49. The summed E-state index contributed by atoms with van der Waals surface area (Å²) in [7, 11) is -2.94. The molecule has 1 fully saturated rings. The number of benzene rings is 1. The molecule has 0 aliphatic carbocycles. The third kappa shape index (κ3) is 3.47. The number of hydrogen-bond acceptors (Lipinski definition) is 4. The fourth-order valence-corrected chi connectivity index (χ4v) is 5.60. The van der Waals surface area contributed by atoms with Gasteiger partial charge in [-0.25, -0.2) is 17.9 Å². The average molecular weight is 371 g/mol. The van der Waals surface area contributed by atoms with Gasteiger partial charge in [0.2, 0.25) is 10.0 Å². The molecular formula is C15H21N3O4S2. The number of carbonyl (C=O) groups excluding carboxylic acids is 1. The van der Waals surface area contributed by atoms with E-state index in [2.05, 4.69) is 10.0 Å². The highest BCUT2D eigenvalue weighted by Crippen LogP contribution is 2.25. The van der Waals surface area contributed by atoms with Crippen LogP contribution in [0.4, 0.5) is 4.79 Å². The minimum atomic E-state index is -3.51. The molecule has 7 nitrogen and oxygen atoms in total. The number of carbonyl (C=O) groups is 1. The molecule has 0 radical (unpaired) electrons. The fraction of sp³-hybridized carbons (Fsp3) is 0.533. The van der Waals surface area contributed by atoms with Crippen molar-refractivity contribution < 1.29 is 17.4 Å². The molecule has 0 saturated carbocycles. The lowest BCUT2D eigenvalue weighted by Crippen LogP contribution is -2.47. The van der Waals surface area contributed by atoms with Crippen LogP contribution >= 0.6 is 0 Å². The SMILES string of the molecule is CNS(=O)(=O)c1cccc2c1CCN(C(=O)NC1CCS(=O)C1)C2. The smallest absolute Gasteiger partial charge is 0.317 e. The maximum atomic E-state index is 12.4. The largest absolute Gasteiger partial charge is 0.334 e. The molecule has 1 saturated heterocycles. The van der Waals surface area contributed by atoms with Crippen molar-refractivity contribution >= 4 is 26.9 Å². The number of fused-ring (bicyclic) bond motifs is 1. The second-order valence-electron chi connectivity index (χ2n) is 6.02. The van der Waals surface area contributed by atoms with E-state index in [1.54, 1.807) is 17.0 Å². The summed E-state index contributed by atoms with van der Waals surface area (Å²) in [6.07, 6.45) is 1.24. The monoisotopic (exact) mass is 371 g/mol. The van der Waals surface area contributed by atoms with E-state index in [0.717, 1.165) is 17.5 Å². The lowest BCUT2D eigenvalue weighted by Gasteiger charge is -2.31. The first-order valence-corrected chi connectivity index (χ1v) is 10.8. The Bertz CT molecular complexity index is 779. The summed E-state index contributed by atoms with van der Waals surface area (Å²) in [5.41, 5.74) is 1.63. The molecule has 2 amide bonds. The van der Waals surface area contributed by atoms with E-state index in [9.17, 15) is 17.4 Å². The van der Waals surface area contributed by atoms with E-state index in [1.807, 2.05) is 6.07 Å². The van der Waals surface area contributed by atoms with Crippen molar-refractivity contribution in [3.63, 3.8) is 0 Å². The van der Waals surface area contributed by atoms with E-state index in [4.69, 9.17) is 0 Å². The van der Waals surface area contributed by atoms with E-state index < -0.39 is 20.8 Å². The van der Waals surface area contributed by atoms with Crippen molar-refractivity contribution in [3.05, 3.63) is 29.3 Å². The highest BCUT2D eigenvalue weighted by atomic mass is 32.2. The van der Waals surface area contributed by atoms with E-state index in [-0.39, 0.29) is 17.0 Å². The molecule has 1 aromatic carbocycles. The van der Waals surface area contributed by atoms with Gasteiger partial charge in [0, 0.05) is 41.4 Å². The Morgan fingerprint density at radius 2 is 2.17 bits per heavy atom. The van der Waals surface area contributed by atoms with Crippen molar-refractivity contribution in [1.29, 1.82) is 0 Å². The molecule has 0 bridgehead atoms. The van der Waals surface area contributed by atoms with Crippen LogP contribution in [0.25, 0.3) is 0 Å². The minimum Gasteiger partial charge on any atom is -0.334 e. The summed E-state index contributed by atoms with van der Waals surface area (Å²) in [5, 5.41) is 2.93. The molecule has 3 rings (SSSR count). The van der Waals surface area contributed by atoms with E-state index in [0.29, 0.717) is 31.0 Å². The predicted octanol–water partition coefficient (Wildman–Crippen LogP) is 0.183. The molecule has 2 atom stereocenters. The number of amides is 2. The maximum Gasteiger partial charge on any atom is 0.317 e. The zero-order valence-corrected chi connectivity index (χ0v) is 15.1. The first kappa shape index (κ1) is 17.4. The Morgan fingerprint density at radius 1 is 1.38 bits per heavy atom. The second kappa shape index (κ2) is 6.81. The van der Waals surface area contributed by atoms with Gasteiger partial charge in [-0.05, 0) is 37.1 Å². The quantitative estimate of drug-likeness (QED) is 0.792. The molecule has 2 aliphatic rings. The number of rotatable bonds is 3. The van der Waals surface area contributed by atoms with Crippen LogP contribution in [0.1, 0.15) is 17.5 Å². The molecule has 2 N–H and O–H groups in total. The number of urea groups is 1. The van der Waals surface area contributed by atoms with Crippen LogP contribution in [0.5, 0.6) is 0 Å². The third-order valence-electron chi connectivity index (χ3n) is 4.48. The van der Waals surface area contributed by atoms with Gasteiger partial charge >= 0.3 is 6.03 Å². The van der Waals surface area contributed by atoms with E-state index >= 15 is 0 Å². The Balaban J connectivity index is 1.74. The lowest BCUT2D eigenvalue weighted by atomic mass is 10.00. The van der Waals surface area contributed by atoms with Crippen LogP contribution in [-0.2, 0) is 33.8 Å². The fourth-order valence-electron chi connectivity index (χ4n) is 3.15. The van der Waals surface area contributed by atoms with Crippen LogP contribution in [0.15, 0.2) is 23.1 Å².